The number of rotatable bonds is 9. The minimum atomic E-state index is -1.12. The van der Waals surface area contributed by atoms with Crippen molar-refractivity contribution in [3.05, 3.63) is 83.4 Å². The average Bonchev–Trinajstić information content (AvgIpc) is 3.25. The number of nitrogens with zero attached hydrogens (tertiary/aromatic N) is 3. The SMILES string of the molecule is Cc1cc(-n2ncc3cc(/C=C/C(O)CC(O)CC(=O)O)cnc32)c(C(C)C)cc1-c1ccc(F)cc1. The lowest BCUT2D eigenvalue weighted by molar-refractivity contribution is -0.139. The van der Waals surface area contributed by atoms with Crippen LogP contribution in [-0.4, -0.2) is 48.3 Å². The van der Waals surface area contributed by atoms with Gasteiger partial charge in [0.05, 0.1) is 30.5 Å². The molecule has 0 bridgehead atoms. The first-order valence-electron chi connectivity index (χ1n) is 12.1. The second-order valence-corrected chi connectivity index (χ2v) is 9.54. The Bertz CT molecular complexity index is 1440. The molecule has 3 N–H and O–H groups in total. The van der Waals surface area contributed by atoms with Gasteiger partial charge in [-0.1, -0.05) is 38.1 Å². The van der Waals surface area contributed by atoms with E-state index in [1.807, 2.05) is 17.7 Å². The van der Waals surface area contributed by atoms with E-state index in [9.17, 15) is 19.4 Å². The maximum Gasteiger partial charge on any atom is 0.305 e. The smallest absolute Gasteiger partial charge is 0.305 e. The summed E-state index contributed by atoms with van der Waals surface area (Å²) in [7, 11) is 0. The normalized spacial score (nSPS) is 13.5. The van der Waals surface area contributed by atoms with Crippen molar-refractivity contribution in [2.24, 2.45) is 0 Å². The number of fused-ring (bicyclic) bond motifs is 1. The van der Waals surface area contributed by atoms with Crippen LogP contribution in [0.3, 0.4) is 0 Å². The van der Waals surface area contributed by atoms with Crippen molar-refractivity contribution in [1.82, 2.24) is 14.8 Å². The number of carbonyl (C=O) groups is 1. The number of aliphatic carboxylic acids is 1. The molecule has 0 fully saturated rings. The van der Waals surface area contributed by atoms with E-state index in [2.05, 4.69) is 36.1 Å². The molecule has 7 nitrogen and oxygen atoms in total. The summed E-state index contributed by atoms with van der Waals surface area (Å²) >= 11 is 0. The van der Waals surface area contributed by atoms with E-state index in [4.69, 9.17) is 5.11 Å². The van der Waals surface area contributed by atoms with Gasteiger partial charge < -0.3 is 15.3 Å². The molecule has 4 rings (SSSR count). The Hall–Kier alpha value is -3.88. The molecule has 8 heteroatoms. The number of carboxylic acid groups (broad SMARTS) is 1. The lowest BCUT2D eigenvalue weighted by Crippen LogP contribution is -2.19. The van der Waals surface area contributed by atoms with Gasteiger partial charge >= 0.3 is 5.97 Å². The standard InChI is InChI=1S/C29H30FN3O4/c1-17(2)25-14-26(20-5-7-22(30)8-6-20)18(3)10-27(25)33-29-21(16-32-33)11-19(15-31-29)4-9-23(34)12-24(35)13-28(36)37/h4-11,14-17,23-24,34-35H,12-13H2,1-3H3,(H,36,37)/b9-4+. The third kappa shape index (κ3) is 6.10. The van der Waals surface area contributed by atoms with Crippen molar-refractivity contribution >= 4 is 23.1 Å². The topological polar surface area (TPSA) is 108 Å². The molecule has 2 unspecified atom stereocenters. The summed E-state index contributed by atoms with van der Waals surface area (Å²) in [5, 5.41) is 34.0. The summed E-state index contributed by atoms with van der Waals surface area (Å²) in [6, 6.07) is 12.6. The molecule has 0 saturated heterocycles. The molecule has 2 heterocycles. The monoisotopic (exact) mass is 503 g/mol. The van der Waals surface area contributed by atoms with Crippen molar-refractivity contribution in [3.63, 3.8) is 0 Å². The summed E-state index contributed by atoms with van der Waals surface area (Å²) in [5.74, 6) is -1.18. The zero-order valence-corrected chi connectivity index (χ0v) is 21.0. The summed E-state index contributed by atoms with van der Waals surface area (Å²) in [5.41, 5.74) is 6.46. The minimum Gasteiger partial charge on any atom is -0.481 e. The number of aryl methyl sites for hydroxylation is 1. The van der Waals surface area contributed by atoms with Crippen LogP contribution < -0.4 is 0 Å². The number of pyridine rings is 1. The summed E-state index contributed by atoms with van der Waals surface area (Å²) < 4.78 is 15.3. The van der Waals surface area contributed by atoms with Gasteiger partial charge in [0.1, 0.15) is 5.82 Å². The highest BCUT2D eigenvalue weighted by Gasteiger charge is 2.17. The maximum absolute atomic E-state index is 13.5. The van der Waals surface area contributed by atoms with E-state index in [1.165, 1.54) is 18.2 Å². The van der Waals surface area contributed by atoms with Gasteiger partial charge in [-0.2, -0.15) is 5.10 Å². The highest BCUT2D eigenvalue weighted by Crippen LogP contribution is 2.33. The van der Waals surface area contributed by atoms with Crippen molar-refractivity contribution in [2.75, 3.05) is 0 Å². The molecule has 4 aromatic rings. The van der Waals surface area contributed by atoms with Gasteiger partial charge in [-0.25, -0.2) is 14.1 Å². The van der Waals surface area contributed by atoms with Gasteiger partial charge in [0.25, 0.3) is 0 Å². The largest absolute Gasteiger partial charge is 0.481 e. The molecule has 0 radical (unpaired) electrons. The van der Waals surface area contributed by atoms with Crippen LogP contribution in [0.5, 0.6) is 0 Å². The van der Waals surface area contributed by atoms with Gasteiger partial charge in [-0.15, -0.1) is 0 Å². The van der Waals surface area contributed by atoms with Crippen molar-refractivity contribution in [1.29, 1.82) is 0 Å². The molecular formula is C29H30FN3O4. The van der Waals surface area contributed by atoms with Gasteiger partial charge in [0.2, 0.25) is 0 Å². The Morgan fingerprint density at radius 1 is 1.11 bits per heavy atom. The highest BCUT2D eigenvalue weighted by molar-refractivity contribution is 5.80. The number of aromatic nitrogens is 3. The Kier molecular flexibility index (Phi) is 7.80. The molecule has 0 aliphatic heterocycles. The fourth-order valence-corrected chi connectivity index (χ4v) is 4.37. The van der Waals surface area contributed by atoms with E-state index in [0.717, 1.165) is 38.9 Å². The summed E-state index contributed by atoms with van der Waals surface area (Å²) in [6.45, 7) is 6.25. The minimum absolute atomic E-state index is 0.0678. The van der Waals surface area contributed by atoms with Gasteiger partial charge in [0, 0.05) is 18.0 Å². The Labute approximate surface area is 214 Å². The third-order valence-corrected chi connectivity index (χ3v) is 6.24. The summed E-state index contributed by atoms with van der Waals surface area (Å²) in [4.78, 5) is 15.3. The van der Waals surface area contributed by atoms with E-state index < -0.39 is 24.6 Å². The first-order valence-corrected chi connectivity index (χ1v) is 12.1. The van der Waals surface area contributed by atoms with Crippen LogP contribution in [0.2, 0.25) is 0 Å². The number of benzene rings is 2. The summed E-state index contributed by atoms with van der Waals surface area (Å²) in [6.07, 6.45) is 4.01. The van der Waals surface area contributed by atoms with Crippen LogP contribution in [0, 0.1) is 12.7 Å². The fraction of sp³-hybridized carbons (Fsp3) is 0.276. The first kappa shape index (κ1) is 26.2. The van der Waals surface area contributed by atoms with E-state index in [-0.39, 0.29) is 18.2 Å². The third-order valence-electron chi connectivity index (χ3n) is 6.24. The fourth-order valence-electron chi connectivity index (χ4n) is 4.37. The number of hydrogen-bond acceptors (Lipinski definition) is 5. The lowest BCUT2D eigenvalue weighted by Gasteiger charge is -2.18. The number of aliphatic hydroxyl groups excluding tert-OH is 2. The second-order valence-electron chi connectivity index (χ2n) is 9.54. The molecule has 0 amide bonds. The molecule has 0 aliphatic carbocycles. The van der Waals surface area contributed by atoms with E-state index in [1.54, 1.807) is 30.6 Å². The number of hydrogen-bond donors (Lipinski definition) is 3. The molecule has 2 aromatic carbocycles. The lowest BCUT2D eigenvalue weighted by atomic mass is 9.92. The van der Waals surface area contributed by atoms with Gasteiger partial charge in [0.15, 0.2) is 5.65 Å². The van der Waals surface area contributed by atoms with Crippen molar-refractivity contribution in [2.45, 2.75) is 51.7 Å². The van der Waals surface area contributed by atoms with Crippen molar-refractivity contribution in [3.8, 4) is 16.8 Å². The Balaban J connectivity index is 1.64. The predicted octanol–water partition coefficient (Wildman–Crippen LogP) is 5.26. The van der Waals surface area contributed by atoms with Crippen molar-refractivity contribution < 1.29 is 24.5 Å². The molecule has 192 valence electrons. The number of aliphatic hydroxyl groups is 2. The molecule has 37 heavy (non-hydrogen) atoms. The zero-order chi connectivity index (χ0) is 26.7. The molecular weight excluding hydrogens is 473 g/mol. The van der Waals surface area contributed by atoms with E-state index in [0.29, 0.717) is 5.65 Å². The zero-order valence-electron chi connectivity index (χ0n) is 21.0. The van der Waals surface area contributed by atoms with Crippen LogP contribution in [0.15, 0.2) is 60.9 Å². The van der Waals surface area contributed by atoms with Gasteiger partial charge in [-0.3, -0.25) is 4.79 Å². The van der Waals surface area contributed by atoms with Crippen LogP contribution in [0.4, 0.5) is 4.39 Å². The van der Waals surface area contributed by atoms with E-state index >= 15 is 0 Å². The van der Waals surface area contributed by atoms with Crippen LogP contribution in [-0.2, 0) is 4.79 Å². The number of carboxylic acids is 1. The molecule has 0 saturated carbocycles. The average molecular weight is 504 g/mol. The second kappa shape index (κ2) is 11.0. The van der Waals surface area contributed by atoms with Crippen LogP contribution in [0.1, 0.15) is 49.3 Å². The van der Waals surface area contributed by atoms with Gasteiger partial charge in [-0.05, 0) is 71.0 Å². The quantitative estimate of drug-likeness (QED) is 0.288. The molecule has 0 aliphatic rings. The maximum atomic E-state index is 13.5. The molecule has 0 spiro atoms. The molecule has 2 aromatic heterocycles. The Morgan fingerprint density at radius 2 is 1.84 bits per heavy atom. The van der Waals surface area contributed by atoms with Crippen LogP contribution in [0.25, 0.3) is 33.9 Å². The molecule has 2 atom stereocenters. The predicted molar refractivity (Wildman–Crippen MR) is 141 cm³/mol. The highest BCUT2D eigenvalue weighted by atomic mass is 19.1. The Morgan fingerprint density at radius 3 is 2.51 bits per heavy atom. The van der Waals surface area contributed by atoms with Crippen LogP contribution >= 0.6 is 0 Å². The first-order chi connectivity index (χ1) is 17.6. The number of halogens is 1.